The zero-order chi connectivity index (χ0) is 11.4. The molecule has 0 unspecified atom stereocenters. The summed E-state index contributed by atoms with van der Waals surface area (Å²) in [5.74, 6) is 0.861. The highest BCUT2D eigenvalue weighted by atomic mass is 16.3. The average Bonchev–Trinajstić information content (AvgIpc) is 2.28. The molecular formula is C13H14N2O. The van der Waals surface area contributed by atoms with Gasteiger partial charge in [0.1, 0.15) is 11.6 Å². The van der Waals surface area contributed by atoms with Crippen LogP contribution in [0.15, 0.2) is 42.6 Å². The Morgan fingerprint density at radius 2 is 1.69 bits per heavy atom. The number of aryl methyl sites for hydroxylation is 2. The molecule has 0 bridgehead atoms. The molecule has 3 heteroatoms. The van der Waals surface area contributed by atoms with Crippen molar-refractivity contribution in [2.75, 3.05) is 5.73 Å². The highest BCUT2D eigenvalue weighted by Crippen LogP contribution is 2.12. The van der Waals surface area contributed by atoms with Crippen LogP contribution in [0.5, 0.6) is 5.75 Å². The summed E-state index contributed by atoms with van der Waals surface area (Å²) in [6.45, 7) is 0. The van der Waals surface area contributed by atoms with Crippen molar-refractivity contribution < 1.29 is 5.11 Å². The molecule has 0 aliphatic heterocycles. The molecule has 2 rings (SSSR count). The van der Waals surface area contributed by atoms with Gasteiger partial charge in [0.15, 0.2) is 0 Å². The van der Waals surface area contributed by atoms with E-state index >= 15 is 0 Å². The maximum absolute atomic E-state index is 9.15. The fourth-order valence-electron chi connectivity index (χ4n) is 1.60. The van der Waals surface area contributed by atoms with Gasteiger partial charge in [-0.15, -0.1) is 0 Å². The molecule has 0 spiro atoms. The van der Waals surface area contributed by atoms with E-state index in [0.29, 0.717) is 11.6 Å². The van der Waals surface area contributed by atoms with Crippen LogP contribution in [0.1, 0.15) is 11.1 Å². The molecule has 1 aromatic heterocycles. The molecule has 3 N–H and O–H groups in total. The van der Waals surface area contributed by atoms with Crippen LogP contribution in [-0.2, 0) is 12.8 Å². The third-order valence-electron chi connectivity index (χ3n) is 2.48. The lowest BCUT2D eigenvalue weighted by molar-refractivity contribution is 0.475. The minimum Gasteiger partial charge on any atom is -0.508 e. The summed E-state index contributed by atoms with van der Waals surface area (Å²) in [5, 5.41) is 9.15. The lowest BCUT2D eigenvalue weighted by atomic mass is 10.1. The van der Waals surface area contributed by atoms with E-state index in [9.17, 15) is 0 Å². The number of rotatable bonds is 3. The van der Waals surface area contributed by atoms with Crippen molar-refractivity contribution in [3.8, 4) is 5.75 Å². The van der Waals surface area contributed by atoms with Crippen LogP contribution in [0, 0.1) is 0 Å². The van der Waals surface area contributed by atoms with E-state index in [1.165, 1.54) is 11.1 Å². The quantitative estimate of drug-likeness (QED) is 0.823. The van der Waals surface area contributed by atoms with Crippen LogP contribution >= 0.6 is 0 Å². The number of nitrogen functional groups attached to an aromatic ring is 1. The number of phenolic OH excluding ortho intramolecular Hbond substituents is 1. The molecule has 0 amide bonds. The van der Waals surface area contributed by atoms with Gasteiger partial charge in [-0.2, -0.15) is 0 Å². The Morgan fingerprint density at radius 3 is 2.38 bits per heavy atom. The Morgan fingerprint density at radius 1 is 1.00 bits per heavy atom. The fraction of sp³-hybridized carbons (Fsp3) is 0.154. The predicted molar refractivity (Wildman–Crippen MR) is 64.2 cm³/mol. The number of nitrogens with two attached hydrogens (primary N) is 1. The zero-order valence-electron chi connectivity index (χ0n) is 8.93. The molecule has 0 atom stereocenters. The van der Waals surface area contributed by atoms with E-state index < -0.39 is 0 Å². The van der Waals surface area contributed by atoms with Crippen LogP contribution in [0.3, 0.4) is 0 Å². The third kappa shape index (κ3) is 2.73. The van der Waals surface area contributed by atoms with Crippen LogP contribution < -0.4 is 5.73 Å². The van der Waals surface area contributed by atoms with E-state index in [-0.39, 0.29) is 0 Å². The first-order valence-electron chi connectivity index (χ1n) is 5.22. The normalized spacial score (nSPS) is 10.2. The summed E-state index contributed by atoms with van der Waals surface area (Å²) in [4.78, 5) is 3.95. The Labute approximate surface area is 94.6 Å². The molecule has 2 aromatic rings. The van der Waals surface area contributed by atoms with Gasteiger partial charge in [-0.1, -0.05) is 12.1 Å². The molecule has 0 fully saturated rings. The molecule has 0 aliphatic carbocycles. The summed E-state index contributed by atoms with van der Waals surface area (Å²) < 4.78 is 0. The Kier molecular flexibility index (Phi) is 3.05. The van der Waals surface area contributed by atoms with Crippen LogP contribution in [0.2, 0.25) is 0 Å². The van der Waals surface area contributed by atoms with Crippen molar-refractivity contribution in [2.45, 2.75) is 12.8 Å². The number of pyridine rings is 1. The Bertz CT molecular complexity index is 466. The molecule has 1 heterocycles. The maximum Gasteiger partial charge on any atom is 0.123 e. The number of benzene rings is 1. The molecule has 1 aromatic carbocycles. The average molecular weight is 214 g/mol. The smallest absolute Gasteiger partial charge is 0.123 e. The van der Waals surface area contributed by atoms with Gasteiger partial charge >= 0.3 is 0 Å². The number of aromatic nitrogens is 1. The zero-order valence-corrected chi connectivity index (χ0v) is 8.93. The van der Waals surface area contributed by atoms with Gasteiger partial charge in [-0.25, -0.2) is 4.98 Å². The van der Waals surface area contributed by atoms with Crippen molar-refractivity contribution in [3.63, 3.8) is 0 Å². The highest BCUT2D eigenvalue weighted by Gasteiger charge is 1.97. The number of anilines is 1. The number of hydrogen-bond acceptors (Lipinski definition) is 3. The van der Waals surface area contributed by atoms with Crippen molar-refractivity contribution >= 4 is 5.82 Å². The van der Waals surface area contributed by atoms with E-state index in [4.69, 9.17) is 10.8 Å². The van der Waals surface area contributed by atoms with Gasteiger partial charge in [0.2, 0.25) is 0 Å². The second kappa shape index (κ2) is 4.66. The summed E-state index contributed by atoms with van der Waals surface area (Å²) in [6.07, 6.45) is 3.59. The number of phenols is 1. The molecule has 0 saturated heterocycles. The van der Waals surface area contributed by atoms with Gasteiger partial charge < -0.3 is 10.8 Å². The molecule has 0 saturated carbocycles. The number of hydrogen-bond donors (Lipinski definition) is 2. The predicted octanol–water partition coefficient (Wildman–Crippen LogP) is 2.15. The van der Waals surface area contributed by atoms with Crippen molar-refractivity contribution in [1.82, 2.24) is 4.98 Å². The lowest BCUT2D eigenvalue weighted by Crippen LogP contribution is -1.94. The lowest BCUT2D eigenvalue weighted by Gasteiger charge is -2.03. The molecule has 0 radical (unpaired) electrons. The number of nitrogens with zero attached hydrogens (tertiary/aromatic N) is 1. The molecule has 3 nitrogen and oxygen atoms in total. The van der Waals surface area contributed by atoms with Gasteiger partial charge in [-0.3, -0.25) is 0 Å². The van der Waals surface area contributed by atoms with E-state index in [2.05, 4.69) is 4.98 Å². The minimum atomic E-state index is 0.303. The number of aromatic hydroxyl groups is 1. The maximum atomic E-state index is 9.15. The summed E-state index contributed by atoms with van der Waals surface area (Å²) in [5.41, 5.74) is 7.99. The summed E-state index contributed by atoms with van der Waals surface area (Å²) in [7, 11) is 0. The Balaban J connectivity index is 1.99. The largest absolute Gasteiger partial charge is 0.508 e. The van der Waals surface area contributed by atoms with Crippen LogP contribution in [0.4, 0.5) is 5.82 Å². The SMILES string of the molecule is Nc1cc(CCc2ccc(O)cc2)ccn1. The van der Waals surface area contributed by atoms with Gasteiger partial charge in [0, 0.05) is 6.20 Å². The van der Waals surface area contributed by atoms with Crippen LogP contribution in [0.25, 0.3) is 0 Å². The van der Waals surface area contributed by atoms with E-state index in [1.54, 1.807) is 18.3 Å². The van der Waals surface area contributed by atoms with Crippen molar-refractivity contribution in [1.29, 1.82) is 0 Å². The third-order valence-corrected chi connectivity index (χ3v) is 2.48. The second-order valence-corrected chi connectivity index (χ2v) is 3.76. The second-order valence-electron chi connectivity index (χ2n) is 3.76. The molecule has 0 aliphatic rings. The summed E-state index contributed by atoms with van der Waals surface area (Å²) >= 11 is 0. The van der Waals surface area contributed by atoms with Crippen molar-refractivity contribution in [2.24, 2.45) is 0 Å². The molecule has 82 valence electrons. The first-order chi connectivity index (χ1) is 7.74. The first-order valence-corrected chi connectivity index (χ1v) is 5.22. The van der Waals surface area contributed by atoms with Gasteiger partial charge in [-0.05, 0) is 48.2 Å². The van der Waals surface area contributed by atoms with E-state index in [1.807, 2.05) is 24.3 Å². The van der Waals surface area contributed by atoms with Gasteiger partial charge in [0.25, 0.3) is 0 Å². The highest BCUT2D eigenvalue weighted by molar-refractivity contribution is 5.33. The fourth-order valence-corrected chi connectivity index (χ4v) is 1.60. The Hall–Kier alpha value is -2.03. The van der Waals surface area contributed by atoms with Gasteiger partial charge in [0.05, 0.1) is 0 Å². The van der Waals surface area contributed by atoms with E-state index in [0.717, 1.165) is 12.8 Å². The minimum absolute atomic E-state index is 0.303. The van der Waals surface area contributed by atoms with Crippen molar-refractivity contribution in [3.05, 3.63) is 53.7 Å². The van der Waals surface area contributed by atoms with Crippen LogP contribution in [-0.4, -0.2) is 10.1 Å². The first kappa shape index (κ1) is 10.5. The topological polar surface area (TPSA) is 59.1 Å². The molecular weight excluding hydrogens is 200 g/mol. The molecule has 16 heavy (non-hydrogen) atoms. The summed E-state index contributed by atoms with van der Waals surface area (Å²) in [6, 6.07) is 11.1. The standard InChI is InChI=1S/C13H14N2O/c14-13-9-11(7-8-15-13)2-1-10-3-5-12(16)6-4-10/h3-9,16H,1-2H2,(H2,14,15). The monoisotopic (exact) mass is 214 g/mol.